The van der Waals surface area contributed by atoms with Gasteiger partial charge in [0.1, 0.15) is 5.82 Å². The molecule has 1 aromatic rings. The van der Waals surface area contributed by atoms with E-state index in [2.05, 4.69) is 0 Å². The fourth-order valence-electron chi connectivity index (χ4n) is 0.900. The van der Waals surface area contributed by atoms with Crippen molar-refractivity contribution >= 4 is 17.4 Å². The van der Waals surface area contributed by atoms with Gasteiger partial charge in [0.05, 0.1) is 0 Å². The van der Waals surface area contributed by atoms with Crippen molar-refractivity contribution in [3.8, 4) is 0 Å². The van der Waals surface area contributed by atoms with Crippen LogP contribution in [0.25, 0.3) is 0 Å². The number of thioether (sulfide) groups is 1. The van der Waals surface area contributed by atoms with Gasteiger partial charge in [-0.2, -0.15) is 0 Å². The minimum absolute atomic E-state index is 0.248. The van der Waals surface area contributed by atoms with Crippen LogP contribution < -0.4 is 11.5 Å². The molecule has 2 nitrogen and oxygen atoms in total. The predicted octanol–water partition coefficient (Wildman–Crippen LogP) is 1.85. The monoisotopic (exact) mass is 200 g/mol. The number of rotatable bonds is 4. The highest BCUT2D eigenvalue weighted by molar-refractivity contribution is 7.99. The van der Waals surface area contributed by atoms with Crippen LogP contribution in [0.4, 0.5) is 10.1 Å². The number of nitrogen functional groups attached to an aromatic ring is 1. The van der Waals surface area contributed by atoms with Gasteiger partial charge in [-0.05, 0) is 36.9 Å². The van der Waals surface area contributed by atoms with E-state index in [0.29, 0.717) is 17.1 Å². The maximum Gasteiger partial charge on any atom is 0.138 e. The molecule has 0 heterocycles. The first-order valence-electron chi connectivity index (χ1n) is 4.12. The van der Waals surface area contributed by atoms with Crippen LogP contribution in [0, 0.1) is 5.82 Å². The quantitative estimate of drug-likeness (QED) is 0.443. The Labute approximate surface area is 81.5 Å². The highest BCUT2D eigenvalue weighted by Crippen LogP contribution is 2.23. The molecule has 1 aromatic carbocycles. The normalized spacial score (nSPS) is 10.3. The van der Waals surface area contributed by atoms with Gasteiger partial charge in [-0.3, -0.25) is 0 Å². The van der Waals surface area contributed by atoms with Gasteiger partial charge in [-0.25, -0.2) is 4.39 Å². The zero-order valence-corrected chi connectivity index (χ0v) is 8.11. The standard InChI is InChI=1S/C9H13FN2S/c10-8-6-7(12)2-3-9(8)13-5-1-4-11/h2-3,6H,1,4-5,11-12H2. The molecule has 1 rings (SSSR count). The minimum atomic E-state index is -0.248. The van der Waals surface area contributed by atoms with Crippen LogP contribution in [0.1, 0.15) is 6.42 Å². The van der Waals surface area contributed by atoms with E-state index in [4.69, 9.17) is 11.5 Å². The molecule has 0 bridgehead atoms. The molecule has 0 fully saturated rings. The van der Waals surface area contributed by atoms with Gasteiger partial charge in [0, 0.05) is 10.6 Å². The van der Waals surface area contributed by atoms with Crippen molar-refractivity contribution in [3.63, 3.8) is 0 Å². The first kappa shape index (κ1) is 10.3. The maximum absolute atomic E-state index is 13.1. The summed E-state index contributed by atoms with van der Waals surface area (Å²) < 4.78 is 13.1. The largest absolute Gasteiger partial charge is 0.399 e. The lowest BCUT2D eigenvalue weighted by Crippen LogP contribution is -1.99. The van der Waals surface area contributed by atoms with E-state index in [1.165, 1.54) is 17.8 Å². The van der Waals surface area contributed by atoms with E-state index in [0.717, 1.165) is 12.2 Å². The van der Waals surface area contributed by atoms with E-state index < -0.39 is 0 Å². The van der Waals surface area contributed by atoms with Crippen molar-refractivity contribution < 1.29 is 4.39 Å². The Balaban J connectivity index is 2.56. The zero-order valence-electron chi connectivity index (χ0n) is 7.29. The summed E-state index contributed by atoms with van der Waals surface area (Å²) in [5, 5.41) is 0. The average Bonchev–Trinajstić information content (AvgIpc) is 2.09. The van der Waals surface area contributed by atoms with E-state index >= 15 is 0 Å². The summed E-state index contributed by atoms with van der Waals surface area (Å²) in [6, 6.07) is 4.74. The molecule has 0 radical (unpaired) electrons. The number of hydrogen-bond donors (Lipinski definition) is 2. The summed E-state index contributed by atoms with van der Waals surface area (Å²) in [5.74, 6) is 0.596. The number of nitrogens with two attached hydrogens (primary N) is 2. The summed E-state index contributed by atoms with van der Waals surface area (Å²) in [5.41, 5.74) is 11.2. The van der Waals surface area contributed by atoms with Gasteiger partial charge in [0.25, 0.3) is 0 Å². The fourth-order valence-corrected chi connectivity index (χ4v) is 1.79. The lowest BCUT2D eigenvalue weighted by atomic mass is 10.3. The van der Waals surface area contributed by atoms with Crippen molar-refractivity contribution in [1.29, 1.82) is 0 Å². The summed E-state index contributed by atoms with van der Waals surface area (Å²) >= 11 is 1.47. The van der Waals surface area contributed by atoms with E-state index in [9.17, 15) is 4.39 Å². The van der Waals surface area contributed by atoms with Gasteiger partial charge >= 0.3 is 0 Å². The van der Waals surface area contributed by atoms with Crippen LogP contribution in [0.15, 0.2) is 23.1 Å². The summed E-state index contributed by atoms with van der Waals surface area (Å²) in [6.07, 6.45) is 0.897. The Morgan fingerprint density at radius 2 is 2.15 bits per heavy atom. The van der Waals surface area contributed by atoms with Crippen molar-refractivity contribution in [2.45, 2.75) is 11.3 Å². The van der Waals surface area contributed by atoms with Crippen molar-refractivity contribution in [3.05, 3.63) is 24.0 Å². The highest BCUT2D eigenvalue weighted by Gasteiger charge is 2.01. The molecule has 0 aliphatic heterocycles. The zero-order chi connectivity index (χ0) is 9.68. The molecule has 13 heavy (non-hydrogen) atoms. The number of halogens is 1. The third-order valence-corrected chi connectivity index (χ3v) is 2.70. The van der Waals surface area contributed by atoms with Crippen molar-refractivity contribution in [2.75, 3.05) is 18.0 Å². The molecule has 0 spiro atoms. The van der Waals surface area contributed by atoms with Crippen molar-refractivity contribution in [1.82, 2.24) is 0 Å². The van der Waals surface area contributed by atoms with Crippen LogP contribution in [-0.2, 0) is 0 Å². The van der Waals surface area contributed by atoms with Crippen LogP contribution in [-0.4, -0.2) is 12.3 Å². The van der Waals surface area contributed by atoms with Gasteiger partial charge in [-0.15, -0.1) is 11.8 Å². The minimum Gasteiger partial charge on any atom is -0.399 e. The third kappa shape index (κ3) is 3.24. The van der Waals surface area contributed by atoms with Gasteiger partial charge in [0.15, 0.2) is 0 Å². The number of hydrogen-bond acceptors (Lipinski definition) is 3. The molecule has 4 heteroatoms. The van der Waals surface area contributed by atoms with Gasteiger partial charge < -0.3 is 11.5 Å². The second-order valence-corrected chi connectivity index (χ2v) is 3.82. The molecule has 0 unspecified atom stereocenters. The lowest BCUT2D eigenvalue weighted by Gasteiger charge is -2.02. The fraction of sp³-hybridized carbons (Fsp3) is 0.333. The molecule has 0 aliphatic carbocycles. The Morgan fingerprint density at radius 1 is 1.38 bits per heavy atom. The van der Waals surface area contributed by atoms with Crippen LogP contribution >= 0.6 is 11.8 Å². The smallest absolute Gasteiger partial charge is 0.138 e. The Bertz CT molecular complexity index is 278. The highest BCUT2D eigenvalue weighted by atomic mass is 32.2. The van der Waals surface area contributed by atoms with E-state index in [1.807, 2.05) is 0 Å². The Morgan fingerprint density at radius 3 is 2.77 bits per heavy atom. The molecule has 0 atom stereocenters. The molecule has 0 saturated heterocycles. The average molecular weight is 200 g/mol. The SMILES string of the molecule is NCCCSc1ccc(N)cc1F. The molecule has 0 amide bonds. The molecular weight excluding hydrogens is 187 g/mol. The summed E-state index contributed by atoms with van der Waals surface area (Å²) in [6.45, 7) is 0.642. The molecule has 0 aliphatic rings. The summed E-state index contributed by atoms with van der Waals surface area (Å²) in [7, 11) is 0. The van der Waals surface area contributed by atoms with Crippen LogP contribution in [0.3, 0.4) is 0 Å². The maximum atomic E-state index is 13.1. The first-order valence-corrected chi connectivity index (χ1v) is 5.10. The molecule has 0 aromatic heterocycles. The predicted molar refractivity (Wildman–Crippen MR) is 55.2 cm³/mol. The van der Waals surface area contributed by atoms with E-state index in [1.54, 1.807) is 12.1 Å². The van der Waals surface area contributed by atoms with Crippen LogP contribution in [0.5, 0.6) is 0 Å². The molecule has 4 N–H and O–H groups in total. The molecule has 72 valence electrons. The topological polar surface area (TPSA) is 52.0 Å². The Hall–Kier alpha value is -0.740. The molecular formula is C9H13FN2S. The first-order chi connectivity index (χ1) is 6.24. The second-order valence-electron chi connectivity index (χ2n) is 2.68. The summed E-state index contributed by atoms with van der Waals surface area (Å²) in [4.78, 5) is 0.641. The second kappa shape index (κ2) is 5.09. The van der Waals surface area contributed by atoms with Crippen molar-refractivity contribution in [2.24, 2.45) is 5.73 Å². The Kier molecular flexibility index (Phi) is 4.05. The van der Waals surface area contributed by atoms with Crippen LogP contribution in [0.2, 0.25) is 0 Å². The van der Waals surface area contributed by atoms with Gasteiger partial charge in [0.2, 0.25) is 0 Å². The van der Waals surface area contributed by atoms with E-state index in [-0.39, 0.29) is 5.82 Å². The number of anilines is 1. The number of benzene rings is 1. The lowest BCUT2D eigenvalue weighted by molar-refractivity contribution is 0.602. The third-order valence-electron chi connectivity index (χ3n) is 1.56. The molecule has 0 saturated carbocycles. The van der Waals surface area contributed by atoms with Gasteiger partial charge in [-0.1, -0.05) is 0 Å².